The normalized spacial score (nSPS) is 14.1. The molecule has 0 atom stereocenters. The van der Waals surface area contributed by atoms with Crippen LogP contribution in [0.25, 0.3) is 0 Å². The van der Waals surface area contributed by atoms with E-state index in [1.54, 1.807) is 11.0 Å². The highest BCUT2D eigenvalue weighted by molar-refractivity contribution is 7.92. The monoisotopic (exact) mass is 380 g/mol. The van der Waals surface area contributed by atoms with Crippen LogP contribution in [0.2, 0.25) is 0 Å². The van der Waals surface area contributed by atoms with E-state index in [2.05, 4.69) is 0 Å². The fraction of sp³-hybridized carbons (Fsp3) is 0.278. The Bertz CT molecular complexity index is 976. The van der Waals surface area contributed by atoms with Gasteiger partial charge in [0.15, 0.2) is 0 Å². The molecule has 0 aromatic heterocycles. The van der Waals surface area contributed by atoms with E-state index in [0.29, 0.717) is 18.7 Å². The van der Waals surface area contributed by atoms with E-state index in [0.717, 1.165) is 34.5 Å². The Balaban J connectivity index is 2.03. The average Bonchev–Trinajstić information content (AvgIpc) is 2.61. The molecule has 0 fully saturated rings. The number of aryl methyl sites for hydroxylation is 1. The van der Waals surface area contributed by atoms with Crippen LogP contribution in [-0.4, -0.2) is 27.9 Å². The molecule has 0 radical (unpaired) electrons. The van der Waals surface area contributed by atoms with Gasteiger partial charge in [0.2, 0.25) is 5.91 Å². The Morgan fingerprint density at radius 1 is 1.15 bits per heavy atom. The maximum atomic E-state index is 14.0. The molecular weight excluding hydrogens is 362 g/mol. The molecule has 0 unspecified atom stereocenters. The molecule has 1 aliphatic heterocycles. The number of carbonyl (C=O) groups is 1. The first-order valence-corrected chi connectivity index (χ1v) is 9.51. The molecule has 1 amide bonds. The summed E-state index contributed by atoms with van der Waals surface area (Å²) in [4.78, 5) is 13.3. The number of hydrogen-bond donors (Lipinski definition) is 0. The maximum Gasteiger partial charge on any atom is 0.264 e. The third-order valence-corrected chi connectivity index (χ3v) is 6.22. The number of fused-ring (bicyclic) bond motifs is 1. The fourth-order valence-corrected chi connectivity index (χ4v) is 4.32. The molecule has 0 bridgehead atoms. The Morgan fingerprint density at radius 3 is 2.58 bits per heavy atom. The fourth-order valence-electron chi connectivity index (χ4n) is 3.08. The smallest absolute Gasteiger partial charge is 0.264 e. The van der Waals surface area contributed by atoms with E-state index in [9.17, 15) is 22.0 Å². The van der Waals surface area contributed by atoms with Gasteiger partial charge in [0, 0.05) is 32.3 Å². The second-order valence-corrected chi connectivity index (χ2v) is 8.10. The second-order valence-electron chi connectivity index (χ2n) is 6.13. The first-order valence-electron chi connectivity index (χ1n) is 8.07. The lowest BCUT2D eigenvalue weighted by atomic mass is 10.0. The summed E-state index contributed by atoms with van der Waals surface area (Å²) in [6, 6.07) is 7.10. The number of carbonyl (C=O) groups excluding carboxylic acids is 1. The zero-order chi connectivity index (χ0) is 19.1. The second kappa shape index (κ2) is 6.68. The molecule has 5 nitrogen and oxygen atoms in total. The number of sulfonamides is 1. The standard InChI is InChI=1S/C18H18F2N2O3S/c1-12(23)22-9-3-4-13-10-15(6-8-17(13)22)26(24,25)21(2)18-11-14(19)5-7-16(18)20/h5-8,10-11H,3-4,9H2,1-2H3. The van der Waals surface area contributed by atoms with Crippen molar-refractivity contribution in [1.29, 1.82) is 0 Å². The van der Waals surface area contributed by atoms with E-state index in [1.807, 2.05) is 0 Å². The van der Waals surface area contributed by atoms with Crippen molar-refractivity contribution in [2.24, 2.45) is 0 Å². The molecule has 8 heteroatoms. The lowest BCUT2D eigenvalue weighted by Gasteiger charge is -2.29. The van der Waals surface area contributed by atoms with Gasteiger partial charge in [-0.25, -0.2) is 17.2 Å². The molecule has 2 aromatic carbocycles. The molecule has 1 heterocycles. The number of anilines is 2. The van der Waals surface area contributed by atoms with Crippen molar-refractivity contribution in [1.82, 2.24) is 0 Å². The third kappa shape index (κ3) is 3.16. The van der Waals surface area contributed by atoms with Crippen LogP contribution in [0.1, 0.15) is 18.9 Å². The summed E-state index contributed by atoms with van der Waals surface area (Å²) in [6.07, 6.45) is 1.37. The minimum atomic E-state index is -4.08. The van der Waals surface area contributed by atoms with Gasteiger partial charge in [-0.3, -0.25) is 9.10 Å². The highest BCUT2D eigenvalue weighted by Crippen LogP contribution is 2.32. The minimum absolute atomic E-state index is 0.0344. The van der Waals surface area contributed by atoms with Crippen molar-refractivity contribution in [3.63, 3.8) is 0 Å². The first-order chi connectivity index (χ1) is 12.2. The van der Waals surface area contributed by atoms with E-state index < -0.39 is 21.7 Å². The molecule has 0 aliphatic carbocycles. The molecule has 3 rings (SSSR count). The summed E-state index contributed by atoms with van der Waals surface area (Å²) in [5.41, 5.74) is 1.05. The zero-order valence-corrected chi connectivity index (χ0v) is 15.2. The predicted molar refractivity (Wildman–Crippen MR) is 94.7 cm³/mol. The summed E-state index contributed by atoms with van der Waals surface area (Å²) in [5.74, 6) is -1.68. The first kappa shape index (κ1) is 18.3. The molecule has 1 aliphatic rings. The number of nitrogens with zero attached hydrogens (tertiary/aromatic N) is 2. The highest BCUT2D eigenvalue weighted by Gasteiger charge is 2.27. The van der Waals surface area contributed by atoms with Gasteiger partial charge >= 0.3 is 0 Å². The van der Waals surface area contributed by atoms with Crippen LogP contribution in [0.4, 0.5) is 20.2 Å². The van der Waals surface area contributed by atoms with E-state index in [-0.39, 0.29) is 16.5 Å². The Kier molecular flexibility index (Phi) is 4.70. The summed E-state index contributed by atoms with van der Waals surface area (Å²) in [6.45, 7) is 2.04. The van der Waals surface area contributed by atoms with Crippen molar-refractivity contribution in [3.05, 3.63) is 53.6 Å². The van der Waals surface area contributed by atoms with Crippen molar-refractivity contribution >= 4 is 27.3 Å². The Hall–Kier alpha value is -2.48. The van der Waals surface area contributed by atoms with Gasteiger partial charge in [0.25, 0.3) is 10.0 Å². The van der Waals surface area contributed by atoms with Crippen LogP contribution in [0.3, 0.4) is 0 Å². The number of benzene rings is 2. The van der Waals surface area contributed by atoms with E-state index in [4.69, 9.17) is 0 Å². The van der Waals surface area contributed by atoms with E-state index in [1.165, 1.54) is 26.1 Å². The lowest BCUT2D eigenvalue weighted by Crippen LogP contribution is -2.34. The summed E-state index contributed by atoms with van der Waals surface area (Å²) >= 11 is 0. The van der Waals surface area contributed by atoms with Crippen molar-refractivity contribution in [2.75, 3.05) is 22.8 Å². The maximum absolute atomic E-state index is 14.0. The Labute approximate surface area is 150 Å². The Morgan fingerprint density at radius 2 is 1.88 bits per heavy atom. The van der Waals surface area contributed by atoms with Gasteiger partial charge in [0.1, 0.15) is 11.6 Å². The van der Waals surface area contributed by atoms with Gasteiger partial charge in [-0.2, -0.15) is 0 Å². The van der Waals surface area contributed by atoms with Crippen LogP contribution < -0.4 is 9.21 Å². The molecule has 0 spiro atoms. The van der Waals surface area contributed by atoms with Crippen LogP contribution in [0.15, 0.2) is 41.3 Å². The van der Waals surface area contributed by atoms with Crippen LogP contribution >= 0.6 is 0 Å². The highest BCUT2D eigenvalue weighted by atomic mass is 32.2. The van der Waals surface area contributed by atoms with Gasteiger partial charge in [-0.05, 0) is 48.7 Å². The SMILES string of the molecule is CC(=O)N1CCCc2cc(S(=O)(=O)N(C)c3cc(F)ccc3F)ccc21. The van der Waals surface area contributed by atoms with Gasteiger partial charge in [-0.15, -0.1) is 0 Å². The average molecular weight is 380 g/mol. The van der Waals surface area contributed by atoms with Crippen molar-refractivity contribution in [3.8, 4) is 0 Å². The van der Waals surface area contributed by atoms with Gasteiger partial charge in [0.05, 0.1) is 10.6 Å². The van der Waals surface area contributed by atoms with Crippen molar-refractivity contribution in [2.45, 2.75) is 24.7 Å². The van der Waals surface area contributed by atoms with Crippen LogP contribution in [-0.2, 0) is 21.2 Å². The molecule has 26 heavy (non-hydrogen) atoms. The third-order valence-electron chi connectivity index (χ3n) is 4.46. The molecule has 0 saturated carbocycles. The molecular formula is C18H18F2N2O3S. The van der Waals surface area contributed by atoms with Crippen molar-refractivity contribution < 1.29 is 22.0 Å². The number of rotatable bonds is 3. The van der Waals surface area contributed by atoms with Crippen LogP contribution in [0.5, 0.6) is 0 Å². The quantitative estimate of drug-likeness (QED) is 0.822. The minimum Gasteiger partial charge on any atom is -0.312 e. The topological polar surface area (TPSA) is 57.7 Å². The largest absolute Gasteiger partial charge is 0.312 e. The summed E-state index contributed by atoms with van der Waals surface area (Å²) < 4.78 is 53.8. The molecule has 2 aromatic rings. The zero-order valence-electron chi connectivity index (χ0n) is 14.4. The number of amides is 1. The number of halogens is 2. The summed E-state index contributed by atoms with van der Waals surface area (Å²) in [7, 11) is -2.90. The number of hydrogen-bond acceptors (Lipinski definition) is 3. The molecule has 0 N–H and O–H groups in total. The van der Waals surface area contributed by atoms with Gasteiger partial charge < -0.3 is 4.90 Å². The van der Waals surface area contributed by atoms with E-state index >= 15 is 0 Å². The van der Waals surface area contributed by atoms with Crippen LogP contribution in [0, 0.1) is 11.6 Å². The summed E-state index contributed by atoms with van der Waals surface area (Å²) in [5, 5.41) is 0. The van der Waals surface area contributed by atoms with Gasteiger partial charge in [-0.1, -0.05) is 0 Å². The predicted octanol–water partition coefficient (Wildman–Crippen LogP) is 3.09. The molecule has 0 saturated heterocycles. The lowest BCUT2D eigenvalue weighted by molar-refractivity contribution is -0.116. The molecule has 138 valence electrons.